The number of nitrogens with one attached hydrogen (secondary N) is 2. The normalized spacial score (nSPS) is 20.6. The molecule has 1 aliphatic heterocycles. The number of nitriles is 1. The van der Waals surface area contributed by atoms with Gasteiger partial charge in [-0.1, -0.05) is 27.2 Å². The molecular weight excluding hydrogens is 302 g/mol. The van der Waals surface area contributed by atoms with Gasteiger partial charge in [0.15, 0.2) is 0 Å². The summed E-state index contributed by atoms with van der Waals surface area (Å²) in [5, 5.41) is 13.5. The molecular formula is C19H28N3S+. The maximum absolute atomic E-state index is 9.82. The van der Waals surface area contributed by atoms with E-state index in [9.17, 15) is 5.26 Å². The lowest BCUT2D eigenvalue weighted by Crippen LogP contribution is -2.33. The zero-order valence-corrected chi connectivity index (χ0v) is 15.4. The Morgan fingerprint density at radius 1 is 1.26 bits per heavy atom. The lowest BCUT2D eigenvalue weighted by Gasteiger charge is -2.32. The third-order valence-electron chi connectivity index (χ3n) is 5.18. The number of fused-ring (bicyclic) bond motifs is 1. The molecule has 2 N–H and O–H groups in total. The van der Waals surface area contributed by atoms with Crippen LogP contribution in [0.5, 0.6) is 0 Å². The molecule has 2 aliphatic rings. The highest BCUT2D eigenvalue weighted by Crippen LogP contribution is 2.41. The lowest BCUT2D eigenvalue weighted by atomic mass is 9.91. The number of H-pyrrole nitrogens is 1. The summed E-state index contributed by atoms with van der Waals surface area (Å²) in [5.41, 5.74) is 4.82. The van der Waals surface area contributed by atoms with Gasteiger partial charge in [0.2, 0.25) is 0 Å². The Kier molecular flexibility index (Phi) is 4.87. The molecule has 0 spiro atoms. The number of aromatic nitrogens is 1. The van der Waals surface area contributed by atoms with Gasteiger partial charge in [0.25, 0.3) is 5.82 Å². The highest BCUT2D eigenvalue weighted by atomic mass is 32.2. The van der Waals surface area contributed by atoms with Crippen LogP contribution < -0.4 is 10.3 Å². The molecule has 4 heteroatoms. The van der Waals surface area contributed by atoms with E-state index in [1.807, 2.05) is 11.8 Å². The maximum Gasteiger partial charge on any atom is 0.291 e. The third kappa shape index (κ3) is 3.50. The fraction of sp³-hybridized carbons (Fsp3) is 0.684. The van der Waals surface area contributed by atoms with E-state index in [-0.39, 0.29) is 4.75 Å². The van der Waals surface area contributed by atoms with Crippen molar-refractivity contribution in [3.05, 3.63) is 22.4 Å². The van der Waals surface area contributed by atoms with Gasteiger partial charge < -0.3 is 0 Å². The fourth-order valence-electron chi connectivity index (χ4n) is 3.87. The number of rotatable bonds is 3. The van der Waals surface area contributed by atoms with E-state index < -0.39 is 0 Å². The molecule has 3 rings (SSSR count). The molecule has 0 amide bonds. The van der Waals surface area contributed by atoms with Gasteiger partial charge in [-0.3, -0.25) is 5.32 Å². The van der Waals surface area contributed by atoms with Gasteiger partial charge in [0, 0.05) is 22.5 Å². The molecule has 0 unspecified atom stereocenters. The Bertz CT molecular complexity index is 624. The predicted octanol–water partition coefficient (Wildman–Crippen LogP) is 4.25. The number of nitrogens with zero attached hydrogens (tertiary/aromatic N) is 1. The van der Waals surface area contributed by atoms with Crippen molar-refractivity contribution in [3.63, 3.8) is 0 Å². The minimum absolute atomic E-state index is 0.215. The molecule has 3 nitrogen and oxygen atoms in total. The first-order chi connectivity index (χ1) is 11.0. The van der Waals surface area contributed by atoms with Gasteiger partial charge in [0.05, 0.1) is 6.04 Å². The van der Waals surface area contributed by atoms with Crippen LogP contribution in [0.1, 0.15) is 75.3 Å². The quantitative estimate of drug-likeness (QED) is 0.901. The zero-order chi connectivity index (χ0) is 16.4. The Labute approximate surface area is 144 Å². The molecule has 1 aromatic rings. The first-order valence-corrected chi connectivity index (χ1v) is 9.93. The average molecular weight is 331 g/mol. The Hall–Kier alpha value is -1.21. The number of aryl methyl sites for hydroxylation is 1. The van der Waals surface area contributed by atoms with Crippen LogP contribution in [0, 0.1) is 11.3 Å². The molecule has 1 aromatic heterocycles. The summed E-state index contributed by atoms with van der Waals surface area (Å²) in [6, 6.07) is 3.01. The topological polar surface area (TPSA) is 50.0 Å². The molecule has 124 valence electrons. The third-order valence-corrected chi connectivity index (χ3v) is 6.54. The van der Waals surface area contributed by atoms with E-state index in [1.165, 1.54) is 48.9 Å². The van der Waals surface area contributed by atoms with Crippen LogP contribution in [0.15, 0.2) is 0 Å². The number of pyridine rings is 1. The van der Waals surface area contributed by atoms with Crippen molar-refractivity contribution >= 4 is 17.6 Å². The predicted molar refractivity (Wildman–Crippen MR) is 96.7 cm³/mol. The monoisotopic (exact) mass is 330 g/mol. The summed E-state index contributed by atoms with van der Waals surface area (Å²) in [6.07, 6.45) is 8.37. The van der Waals surface area contributed by atoms with Crippen LogP contribution in [0.25, 0.3) is 0 Å². The molecule has 0 saturated heterocycles. The average Bonchev–Trinajstić information content (AvgIpc) is 2.54. The Morgan fingerprint density at radius 2 is 2.00 bits per heavy atom. The molecule has 23 heavy (non-hydrogen) atoms. The molecule has 2 heterocycles. The van der Waals surface area contributed by atoms with Crippen LogP contribution >= 0.6 is 11.8 Å². The number of hydrogen-bond acceptors (Lipinski definition) is 3. The van der Waals surface area contributed by atoms with E-state index >= 15 is 0 Å². The minimum atomic E-state index is 0.215. The lowest BCUT2D eigenvalue weighted by molar-refractivity contribution is -0.374. The standard InChI is InChI=1S/C19H27N3S/c1-4-17-16-12-23-19(2,3)10-14(16)15(11-20)18(22-17)21-13-8-6-5-7-9-13/h13H,4-10,12H2,1-3H3,(H,21,22)/p+1. The van der Waals surface area contributed by atoms with E-state index in [0.29, 0.717) is 6.04 Å². The number of aromatic amines is 1. The maximum atomic E-state index is 9.82. The van der Waals surface area contributed by atoms with Gasteiger partial charge >= 0.3 is 0 Å². The van der Waals surface area contributed by atoms with Gasteiger partial charge in [-0.2, -0.15) is 17.0 Å². The summed E-state index contributed by atoms with van der Waals surface area (Å²) < 4.78 is 0.215. The van der Waals surface area contributed by atoms with Gasteiger partial charge in [0.1, 0.15) is 17.3 Å². The second kappa shape index (κ2) is 6.73. The summed E-state index contributed by atoms with van der Waals surface area (Å²) in [6.45, 7) is 6.78. The first kappa shape index (κ1) is 16.6. The molecule has 0 aromatic carbocycles. The summed E-state index contributed by atoms with van der Waals surface area (Å²) >= 11 is 2.00. The molecule has 0 bridgehead atoms. The molecule has 0 atom stereocenters. The van der Waals surface area contributed by atoms with Gasteiger partial charge in [-0.25, -0.2) is 4.98 Å². The smallest absolute Gasteiger partial charge is 0.271 e. The van der Waals surface area contributed by atoms with Crippen molar-refractivity contribution in [2.75, 3.05) is 5.32 Å². The second-order valence-electron chi connectivity index (χ2n) is 7.48. The second-order valence-corrected chi connectivity index (χ2v) is 9.16. The first-order valence-electron chi connectivity index (χ1n) is 8.94. The summed E-state index contributed by atoms with van der Waals surface area (Å²) in [7, 11) is 0. The fourth-order valence-corrected chi connectivity index (χ4v) is 5.00. The molecule has 0 radical (unpaired) electrons. The highest BCUT2D eigenvalue weighted by molar-refractivity contribution is 7.99. The van der Waals surface area contributed by atoms with Crippen molar-refractivity contribution in [3.8, 4) is 6.07 Å². The Balaban J connectivity index is 2.00. The van der Waals surface area contributed by atoms with Crippen molar-refractivity contribution in [1.82, 2.24) is 0 Å². The van der Waals surface area contributed by atoms with Crippen LogP contribution in [0.3, 0.4) is 0 Å². The molecule has 1 saturated carbocycles. The number of anilines is 1. The van der Waals surface area contributed by atoms with E-state index in [4.69, 9.17) is 0 Å². The molecule has 1 fully saturated rings. The van der Waals surface area contributed by atoms with Gasteiger partial charge in [-0.05, 0) is 37.7 Å². The largest absolute Gasteiger partial charge is 0.291 e. The Morgan fingerprint density at radius 3 is 2.65 bits per heavy atom. The summed E-state index contributed by atoms with van der Waals surface area (Å²) in [4.78, 5) is 3.57. The van der Waals surface area contributed by atoms with Crippen molar-refractivity contribution in [2.24, 2.45) is 0 Å². The van der Waals surface area contributed by atoms with Crippen LogP contribution in [-0.4, -0.2) is 10.8 Å². The SMILES string of the molecule is CCc1[nH+]c(NC2CCCCC2)c(C#N)c2c1CSC(C)(C)C2. The molecule has 1 aliphatic carbocycles. The van der Waals surface area contributed by atoms with Crippen molar-refractivity contribution in [1.29, 1.82) is 5.26 Å². The highest BCUT2D eigenvalue weighted by Gasteiger charge is 2.33. The van der Waals surface area contributed by atoms with Crippen LogP contribution in [0.4, 0.5) is 5.82 Å². The van der Waals surface area contributed by atoms with Crippen molar-refractivity contribution in [2.45, 2.75) is 82.3 Å². The number of thioether (sulfide) groups is 1. The van der Waals surface area contributed by atoms with Crippen LogP contribution in [0.2, 0.25) is 0 Å². The summed E-state index contributed by atoms with van der Waals surface area (Å²) in [5.74, 6) is 1.98. The van der Waals surface area contributed by atoms with Gasteiger partial charge in [-0.15, -0.1) is 0 Å². The number of hydrogen-bond donors (Lipinski definition) is 1. The van der Waals surface area contributed by atoms with E-state index in [0.717, 1.165) is 30.0 Å². The zero-order valence-electron chi connectivity index (χ0n) is 14.6. The van der Waals surface area contributed by atoms with Crippen molar-refractivity contribution < 1.29 is 4.98 Å². The van der Waals surface area contributed by atoms with E-state index in [2.05, 4.69) is 37.1 Å². The van der Waals surface area contributed by atoms with E-state index in [1.54, 1.807) is 0 Å². The van der Waals surface area contributed by atoms with Crippen LogP contribution in [-0.2, 0) is 18.6 Å². The minimum Gasteiger partial charge on any atom is -0.271 e.